The Bertz CT molecular complexity index is 1110. The molecule has 0 saturated heterocycles. The van der Waals surface area contributed by atoms with E-state index in [1.165, 1.54) is 12.1 Å². The molecular formula is C19H16F2N6. The second-order valence-electron chi connectivity index (χ2n) is 5.96. The molecular weight excluding hydrogens is 350 g/mol. The first-order valence-corrected chi connectivity index (χ1v) is 8.26. The molecule has 8 heteroatoms. The van der Waals surface area contributed by atoms with Crippen molar-refractivity contribution >= 4 is 17.0 Å². The number of halogens is 2. The first-order chi connectivity index (χ1) is 13.1. The van der Waals surface area contributed by atoms with Crippen LogP contribution in [0, 0.1) is 0 Å². The summed E-state index contributed by atoms with van der Waals surface area (Å²) in [6.07, 6.45) is -1.10. The zero-order valence-electron chi connectivity index (χ0n) is 14.2. The third-order valence-corrected chi connectivity index (χ3v) is 4.26. The topological polar surface area (TPSA) is 95.6 Å². The minimum Gasteiger partial charge on any atom is -0.383 e. The molecule has 0 bridgehead atoms. The Labute approximate surface area is 153 Å². The van der Waals surface area contributed by atoms with Gasteiger partial charge in [-0.3, -0.25) is 4.57 Å². The van der Waals surface area contributed by atoms with Gasteiger partial charge in [-0.25, -0.2) is 23.7 Å². The zero-order valence-corrected chi connectivity index (χ0v) is 14.2. The first kappa shape index (κ1) is 17.0. The minimum atomic E-state index is -2.68. The lowest BCUT2D eigenvalue weighted by atomic mass is 10.2. The number of pyridine rings is 2. The molecule has 0 atom stereocenters. The van der Waals surface area contributed by atoms with Crippen LogP contribution in [0.15, 0.2) is 54.7 Å². The van der Waals surface area contributed by atoms with E-state index < -0.39 is 6.43 Å². The van der Waals surface area contributed by atoms with Crippen LogP contribution in [-0.4, -0.2) is 19.5 Å². The predicted octanol–water partition coefficient (Wildman–Crippen LogP) is 3.46. The van der Waals surface area contributed by atoms with Gasteiger partial charge in [0, 0.05) is 18.4 Å². The number of nitrogens with two attached hydrogens (primary N) is 2. The van der Waals surface area contributed by atoms with E-state index in [1.54, 1.807) is 22.9 Å². The van der Waals surface area contributed by atoms with Gasteiger partial charge >= 0.3 is 0 Å². The zero-order chi connectivity index (χ0) is 19.0. The third kappa shape index (κ3) is 3.00. The number of nitrogen functional groups attached to an aromatic ring is 1. The SMILES string of the molecule is NCc1ccc(-n2c(-c3cccnc3N)nc3ccc(C(F)F)nc32)cc1. The van der Waals surface area contributed by atoms with E-state index in [9.17, 15) is 8.78 Å². The number of anilines is 1. The highest BCUT2D eigenvalue weighted by atomic mass is 19.3. The molecule has 6 nitrogen and oxygen atoms in total. The highest BCUT2D eigenvalue weighted by molar-refractivity contribution is 5.82. The standard InChI is InChI=1S/C19H16F2N6/c20-16(21)14-7-8-15-19(25-14)27(12-5-3-11(10-22)4-6-12)18(26-15)13-2-1-9-24-17(13)23/h1-9,16H,10,22H2,(H2,23,24). The largest absolute Gasteiger partial charge is 0.383 e. The van der Waals surface area contributed by atoms with E-state index in [1.807, 2.05) is 24.3 Å². The second kappa shape index (κ2) is 6.73. The molecule has 0 fully saturated rings. The molecule has 4 rings (SSSR count). The Morgan fingerprint density at radius 3 is 2.44 bits per heavy atom. The number of rotatable bonds is 4. The maximum absolute atomic E-state index is 13.2. The average molecular weight is 366 g/mol. The van der Waals surface area contributed by atoms with Crippen LogP contribution in [0.2, 0.25) is 0 Å². The van der Waals surface area contributed by atoms with Gasteiger partial charge in [0.1, 0.15) is 17.0 Å². The lowest BCUT2D eigenvalue weighted by Gasteiger charge is -2.11. The van der Waals surface area contributed by atoms with E-state index >= 15 is 0 Å². The molecule has 0 aliphatic carbocycles. The number of imidazole rings is 1. The maximum atomic E-state index is 13.2. The summed E-state index contributed by atoms with van der Waals surface area (Å²) in [4.78, 5) is 12.8. The molecule has 0 saturated carbocycles. The van der Waals surface area contributed by atoms with Gasteiger partial charge in [0.05, 0.1) is 5.56 Å². The van der Waals surface area contributed by atoms with E-state index in [2.05, 4.69) is 15.0 Å². The number of nitrogens with zero attached hydrogens (tertiary/aromatic N) is 4. The van der Waals surface area contributed by atoms with E-state index in [4.69, 9.17) is 11.5 Å². The Morgan fingerprint density at radius 1 is 1.00 bits per heavy atom. The fraction of sp³-hybridized carbons (Fsp3) is 0.105. The molecule has 0 radical (unpaired) electrons. The molecule has 27 heavy (non-hydrogen) atoms. The smallest absolute Gasteiger partial charge is 0.280 e. The molecule has 0 unspecified atom stereocenters. The maximum Gasteiger partial charge on any atom is 0.280 e. The summed E-state index contributed by atoms with van der Waals surface area (Å²) in [6, 6.07) is 13.8. The number of alkyl halides is 2. The van der Waals surface area contributed by atoms with Gasteiger partial charge in [-0.15, -0.1) is 0 Å². The lowest BCUT2D eigenvalue weighted by Crippen LogP contribution is -2.03. The molecule has 0 amide bonds. The summed E-state index contributed by atoms with van der Waals surface area (Å²) in [5.74, 6) is 0.775. The lowest BCUT2D eigenvalue weighted by molar-refractivity contribution is 0.146. The van der Waals surface area contributed by atoms with E-state index in [0.717, 1.165) is 5.56 Å². The Morgan fingerprint density at radius 2 is 1.78 bits per heavy atom. The predicted molar refractivity (Wildman–Crippen MR) is 99.4 cm³/mol. The summed E-state index contributed by atoms with van der Waals surface area (Å²) < 4.78 is 28.1. The molecule has 4 aromatic rings. The van der Waals surface area contributed by atoms with Gasteiger partial charge in [0.15, 0.2) is 11.5 Å². The summed E-state index contributed by atoms with van der Waals surface area (Å²) in [6.45, 7) is 0.404. The van der Waals surface area contributed by atoms with Gasteiger partial charge in [-0.05, 0) is 42.0 Å². The van der Waals surface area contributed by atoms with Crippen LogP contribution < -0.4 is 11.5 Å². The van der Waals surface area contributed by atoms with Crippen molar-refractivity contribution in [3.8, 4) is 17.1 Å². The second-order valence-corrected chi connectivity index (χ2v) is 5.96. The normalized spacial score (nSPS) is 11.4. The van der Waals surface area contributed by atoms with Crippen molar-refractivity contribution in [2.24, 2.45) is 5.73 Å². The fourth-order valence-corrected chi connectivity index (χ4v) is 2.91. The first-order valence-electron chi connectivity index (χ1n) is 8.26. The van der Waals surface area contributed by atoms with Gasteiger partial charge in [-0.1, -0.05) is 12.1 Å². The summed E-state index contributed by atoms with van der Waals surface area (Å²) in [7, 11) is 0. The minimum absolute atomic E-state index is 0.293. The van der Waals surface area contributed by atoms with Crippen LogP contribution in [0.1, 0.15) is 17.7 Å². The summed E-state index contributed by atoms with van der Waals surface area (Å²) in [5, 5.41) is 0. The molecule has 0 aliphatic rings. The molecule has 3 heterocycles. The quantitative estimate of drug-likeness (QED) is 0.577. The van der Waals surface area contributed by atoms with Gasteiger partial charge in [-0.2, -0.15) is 0 Å². The van der Waals surface area contributed by atoms with Crippen molar-refractivity contribution in [2.75, 3.05) is 5.73 Å². The molecule has 4 N–H and O–H groups in total. The van der Waals surface area contributed by atoms with Crippen LogP contribution in [-0.2, 0) is 6.54 Å². The van der Waals surface area contributed by atoms with Crippen LogP contribution >= 0.6 is 0 Å². The van der Waals surface area contributed by atoms with E-state index in [0.29, 0.717) is 40.6 Å². The van der Waals surface area contributed by atoms with Crippen molar-refractivity contribution in [1.82, 2.24) is 19.5 Å². The van der Waals surface area contributed by atoms with Crippen molar-refractivity contribution in [2.45, 2.75) is 13.0 Å². The number of hydrogen-bond acceptors (Lipinski definition) is 5. The van der Waals surface area contributed by atoms with Crippen molar-refractivity contribution < 1.29 is 8.78 Å². The van der Waals surface area contributed by atoms with Crippen LogP contribution in [0.25, 0.3) is 28.2 Å². The van der Waals surface area contributed by atoms with E-state index in [-0.39, 0.29) is 5.69 Å². The molecule has 0 aliphatic heterocycles. The monoisotopic (exact) mass is 366 g/mol. The Balaban J connectivity index is 2.03. The fourth-order valence-electron chi connectivity index (χ4n) is 2.91. The molecule has 3 aromatic heterocycles. The van der Waals surface area contributed by atoms with Crippen LogP contribution in [0.5, 0.6) is 0 Å². The number of benzene rings is 1. The number of aromatic nitrogens is 4. The van der Waals surface area contributed by atoms with Crippen LogP contribution in [0.4, 0.5) is 14.6 Å². The number of fused-ring (bicyclic) bond motifs is 1. The molecule has 136 valence electrons. The average Bonchev–Trinajstić information content (AvgIpc) is 3.06. The summed E-state index contributed by atoms with van der Waals surface area (Å²) >= 11 is 0. The Kier molecular flexibility index (Phi) is 4.25. The van der Waals surface area contributed by atoms with Crippen molar-refractivity contribution in [1.29, 1.82) is 0 Å². The summed E-state index contributed by atoms with van der Waals surface area (Å²) in [5.41, 5.74) is 14.4. The number of hydrogen-bond donors (Lipinski definition) is 2. The van der Waals surface area contributed by atoms with Crippen molar-refractivity contribution in [3.63, 3.8) is 0 Å². The van der Waals surface area contributed by atoms with Gasteiger partial charge in [0.2, 0.25) is 0 Å². The van der Waals surface area contributed by atoms with Crippen LogP contribution in [0.3, 0.4) is 0 Å². The molecule has 0 spiro atoms. The molecule has 1 aromatic carbocycles. The Hall–Kier alpha value is -3.39. The highest BCUT2D eigenvalue weighted by Gasteiger charge is 2.19. The third-order valence-electron chi connectivity index (χ3n) is 4.26. The van der Waals surface area contributed by atoms with Gasteiger partial charge in [0.25, 0.3) is 6.43 Å². The highest BCUT2D eigenvalue weighted by Crippen LogP contribution is 2.31. The van der Waals surface area contributed by atoms with Gasteiger partial charge < -0.3 is 11.5 Å². The van der Waals surface area contributed by atoms with Crippen molar-refractivity contribution in [3.05, 3.63) is 66.0 Å².